The highest BCUT2D eigenvalue weighted by Crippen LogP contribution is 2.42. The molecule has 1 aliphatic rings. The lowest BCUT2D eigenvalue weighted by molar-refractivity contribution is -0.139. The summed E-state index contributed by atoms with van der Waals surface area (Å²) in [7, 11) is 1.46. The maximum absolute atomic E-state index is 13.9. The van der Waals surface area contributed by atoms with E-state index in [0.29, 0.717) is 22.6 Å². The number of nitriles is 1. The fourth-order valence-corrected chi connectivity index (χ4v) is 3.44. The van der Waals surface area contributed by atoms with Gasteiger partial charge in [-0.15, -0.1) is 0 Å². The van der Waals surface area contributed by atoms with Gasteiger partial charge in [0.15, 0.2) is 11.5 Å². The summed E-state index contributed by atoms with van der Waals surface area (Å²) in [6.07, 6.45) is 0. The molecular weight excluding hydrogens is 415 g/mol. The standard InChI is InChI=1S/C24H23FN2O5/c1-4-30-24(28)21-14(2)32-23(27)17(12-26)22(21)15-9-10-19(20(11-15)29-3)31-13-16-7-5-6-8-18(16)25/h5-11,22H,4,13,27H2,1-3H3/t22-/m1/s1. The molecule has 32 heavy (non-hydrogen) atoms. The smallest absolute Gasteiger partial charge is 0.338 e. The van der Waals surface area contributed by atoms with Crippen molar-refractivity contribution in [2.24, 2.45) is 5.73 Å². The maximum atomic E-state index is 13.9. The average molecular weight is 438 g/mol. The lowest BCUT2D eigenvalue weighted by Gasteiger charge is -2.27. The molecule has 0 aliphatic carbocycles. The molecule has 2 N–H and O–H groups in total. The molecule has 0 fully saturated rings. The lowest BCUT2D eigenvalue weighted by Crippen LogP contribution is -2.25. The van der Waals surface area contributed by atoms with Crippen molar-refractivity contribution in [3.8, 4) is 17.6 Å². The van der Waals surface area contributed by atoms with Crippen LogP contribution in [0.1, 0.15) is 30.9 Å². The highest BCUT2D eigenvalue weighted by Gasteiger charge is 2.36. The third-order valence-corrected chi connectivity index (χ3v) is 4.96. The summed E-state index contributed by atoms with van der Waals surface area (Å²) in [5.41, 5.74) is 7.15. The van der Waals surface area contributed by atoms with Crippen LogP contribution < -0.4 is 15.2 Å². The van der Waals surface area contributed by atoms with Crippen molar-refractivity contribution in [3.05, 3.63) is 82.2 Å². The van der Waals surface area contributed by atoms with Crippen LogP contribution in [0.25, 0.3) is 0 Å². The number of nitrogens with two attached hydrogens (primary N) is 1. The number of methoxy groups -OCH3 is 1. The van der Waals surface area contributed by atoms with Crippen LogP contribution in [0.2, 0.25) is 0 Å². The minimum atomic E-state index is -0.803. The minimum Gasteiger partial charge on any atom is -0.493 e. The van der Waals surface area contributed by atoms with E-state index in [0.717, 1.165) is 0 Å². The number of hydrogen-bond donors (Lipinski definition) is 1. The van der Waals surface area contributed by atoms with Crippen LogP contribution in [-0.4, -0.2) is 19.7 Å². The summed E-state index contributed by atoms with van der Waals surface area (Å²) in [6, 6.07) is 13.3. The molecule has 2 aromatic carbocycles. The zero-order valence-electron chi connectivity index (χ0n) is 18.0. The van der Waals surface area contributed by atoms with E-state index < -0.39 is 11.9 Å². The quantitative estimate of drug-likeness (QED) is 0.650. The molecule has 8 heteroatoms. The SMILES string of the molecule is CCOC(=O)C1=C(C)OC(N)=C(C#N)[C@H]1c1ccc(OCc2ccccc2F)c(OC)c1. The lowest BCUT2D eigenvalue weighted by atomic mass is 9.83. The fraction of sp³-hybridized carbons (Fsp3) is 0.250. The molecule has 0 spiro atoms. The van der Waals surface area contributed by atoms with E-state index in [4.69, 9.17) is 24.7 Å². The molecule has 0 bridgehead atoms. The number of halogens is 1. The molecule has 1 heterocycles. The van der Waals surface area contributed by atoms with Gasteiger partial charge in [-0.05, 0) is 37.6 Å². The molecule has 0 amide bonds. The van der Waals surface area contributed by atoms with Crippen LogP contribution in [-0.2, 0) is 20.9 Å². The second kappa shape index (κ2) is 9.88. The van der Waals surface area contributed by atoms with E-state index in [1.54, 1.807) is 50.2 Å². The highest BCUT2D eigenvalue weighted by molar-refractivity contribution is 5.92. The van der Waals surface area contributed by atoms with Crippen LogP contribution in [0.3, 0.4) is 0 Å². The van der Waals surface area contributed by atoms with Crippen molar-refractivity contribution in [1.29, 1.82) is 5.26 Å². The molecule has 1 atom stereocenters. The first-order valence-corrected chi connectivity index (χ1v) is 9.90. The topological polar surface area (TPSA) is 104 Å². The molecule has 7 nitrogen and oxygen atoms in total. The number of nitrogens with zero attached hydrogens (tertiary/aromatic N) is 1. The summed E-state index contributed by atoms with van der Waals surface area (Å²) in [6.45, 7) is 3.44. The molecule has 1 aliphatic heterocycles. The zero-order valence-corrected chi connectivity index (χ0v) is 18.0. The van der Waals surface area contributed by atoms with E-state index >= 15 is 0 Å². The first-order valence-electron chi connectivity index (χ1n) is 9.90. The number of benzene rings is 2. The number of allylic oxidation sites excluding steroid dienone is 2. The molecule has 0 radical (unpaired) electrons. The predicted octanol–water partition coefficient (Wildman–Crippen LogP) is 4.06. The molecular formula is C24H23FN2O5. The van der Waals surface area contributed by atoms with Crippen molar-refractivity contribution in [2.75, 3.05) is 13.7 Å². The van der Waals surface area contributed by atoms with Gasteiger partial charge in [-0.3, -0.25) is 0 Å². The Hall–Kier alpha value is -3.99. The van der Waals surface area contributed by atoms with Gasteiger partial charge in [0.2, 0.25) is 5.88 Å². The third-order valence-electron chi connectivity index (χ3n) is 4.96. The summed E-state index contributed by atoms with van der Waals surface area (Å²) < 4.78 is 35.7. The summed E-state index contributed by atoms with van der Waals surface area (Å²) in [4.78, 5) is 12.6. The summed E-state index contributed by atoms with van der Waals surface area (Å²) in [5.74, 6) is -0.881. The van der Waals surface area contributed by atoms with Gasteiger partial charge in [-0.25, -0.2) is 9.18 Å². The number of rotatable bonds is 7. The van der Waals surface area contributed by atoms with Crippen LogP contribution in [0.5, 0.6) is 11.5 Å². The van der Waals surface area contributed by atoms with Crippen molar-refractivity contribution >= 4 is 5.97 Å². The van der Waals surface area contributed by atoms with Gasteiger partial charge >= 0.3 is 5.97 Å². The monoisotopic (exact) mass is 438 g/mol. The Kier molecular flexibility index (Phi) is 7.00. The molecule has 0 saturated heterocycles. The molecule has 3 rings (SSSR count). The Labute approximate surface area is 185 Å². The minimum absolute atomic E-state index is 0.00301. The Balaban J connectivity index is 1.99. The summed E-state index contributed by atoms with van der Waals surface area (Å²) in [5, 5.41) is 9.69. The average Bonchev–Trinajstić information content (AvgIpc) is 2.78. The van der Waals surface area contributed by atoms with Gasteiger partial charge < -0.3 is 24.7 Å². The molecule has 2 aromatic rings. The number of hydrogen-bond acceptors (Lipinski definition) is 7. The predicted molar refractivity (Wildman–Crippen MR) is 114 cm³/mol. The van der Waals surface area contributed by atoms with Gasteiger partial charge in [0, 0.05) is 5.56 Å². The van der Waals surface area contributed by atoms with Gasteiger partial charge in [0.1, 0.15) is 29.8 Å². The van der Waals surface area contributed by atoms with Crippen LogP contribution in [0, 0.1) is 17.1 Å². The third kappa shape index (κ3) is 4.52. The van der Waals surface area contributed by atoms with Crippen molar-refractivity contribution in [2.45, 2.75) is 26.4 Å². The van der Waals surface area contributed by atoms with E-state index in [2.05, 4.69) is 0 Å². The highest BCUT2D eigenvalue weighted by atomic mass is 19.1. The normalized spacial score (nSPS) is 15.7. The number of carbonyl (C=O) groups is 1. The van der Waals surface area contributed by atoms with E-state index in [-0.39, 0.29) is 41.8 Å². The molecule has 166 valence electrons. The fourth-order valence-electron chi connectivity index (χ4n) is 3.44. The number of esters is 1. The van der Waals surface area contributed by atoms with E-state index in [9.17, 15) is 14.4 Å². The van der Waals surface area contributed by atoms with Crippen molar-refractivity contribution in [3.63, 3.8) is 0 Å². The zero-order chi connectivity index (χ0) is 23.3. The van der Waals surface area contributed by atoms with E-state index in [1.807, 2.05) is 6.07 Å². The summed E-state index contributed by atoms with van der Waals surface area (Å²) >= 11 is 0. The van der Waals surface area contributed by atoms with Crippen molar-refractivity contribution < 1.29 is 28.1 Å². The van der Waals surface area contributed by atoms with Gasteiger partial charge in [-0.2, -0.15) is 5.26 Å². The largest absolute Gasteiger partial charge is 0.493 e. The van der Waals surface area contributed by atoms with Gasteiger partial charge in [0.05, 0.1) is 25.2 Å². The Morgan fingerprint density at radius 3 is 2.66 bits per heavy atom. The van der Waals surface area contributed by atoms with Crippen LogP contribution in [0.4, 0.5) is 4.39 Å². The number of carbonyl (C=O) groups excluding carboxylic acids is 1. The van der Waals surface area contributed by atoms with Crippen LogP contribution >= 0.6 is 0 Å². The molecule has 0 unspecified atom stereocenters. The second-order valence-corrected chi connectivity index (χ2v) is 6.91. The first-order chi connectivity index (χ1) is 15.4. The second-order valence-electron chi connectivity index (χ2n) is 6.91. The van der Waals surface area contributed by atoms with Gasteiger partial charge in [0.25, 0.3) is 0 Å². The van der Waals surface area contributed by atoms with Crippen molar-refractivity contribution in [1.82, 2.24) is 0 Å². The number of ether oxygens (including phenoxy) is 4. The first kappa shape index (κ1) is 22.7. The van der Waals surface area contributed by atoms with E-state index in [1.165, 1.54) is 13.2 Å². The molecule has 0 aromatic heterocycles. The Bertz CT molecular complexity index is 1130. The van der Waals surface area contributed by atoms with Crippen LogP contribution in [0.15, 0.2) is 65.3 Å². The Morgan fingerprint density at radius 2 is 2.00 bits per heavy atom. The molecule has 0 saturated carbocycles. The van der Waals surface area contributed by atoms with Gasteiger partial charge in [-0.1, -0.05) is 24.3 Å². The Morgan fingerprint density at radius 1 is 1.25 bits per heavy atom. The maximum Gasteiger partial charge on any atom is 0.338 e.